The molecule has 0 heterocycles. The van der Waals surface area contributed by atoms with E-state index in [2.05, 4.69) is 5.32 Å². The summed E-state index contributed by atoms with van der Waals surface area (Å²) in [6.45, 7) is 6.34. The van der Waals surface area contributed by atoms with Crippen LogP contribution in [0.15, 0.2) is 24.3 Å². The monoisotopic (exact) mass is 340 g/mol. The van der Waals surface area contributed by atoms with Crippen LogP contribution in [-0.2, 0) is 16.1 Å². The normalized spacial score (nSPS) is 11.0. The van der Waals surface area contributed by atoms with Gasteiger partial charge in [-0.15, -0.1) is 0 Å². The fourth-order valence-corrected chi connectivity index (χ4v) is 2.15. The van der Waals surface area contributed by atoms with E-state index in [0.29, 0.717) is 31.0 Å². The molecular formula is C17H25ClN2O3. The molecule has 0 aliphatic heterocycles. The SMILES string of the molecule is CN(Cc1cccc(Cl)c1)C(=O)CCCNC(=O)OC(C)(C)C. The highest BCUT2D eigenvalue weighted by Gasteiger charge is 2.16. The smallest absolute Gasteiger partial charge is 0.407 e. The molecule has 1 aromatic rings. The predicted molar refractivity (Wildman–Crippen MR) is 91.4 cm³/mol. The van der Waals surface area contributed by atoms with Gasteiger partial charge in [0.2, 0.25) is 5.91 Å². The molecule has 5 nitrogen and oxygen atoms in total. The molecule has 0 aliphatic carbocycles. The minimum absolute atomic E-state index is 0.0240. The summed E-state index contributed by atoms with van der Waals surface area (Å²) in [4.78, 5) is 25.2. The summed E-state index contributed by atoms with van der Waals surface area (Å²) < 4.78 is 5.12. The Labute approximate surface area is 142 Å². The minimum atomic E-state index is -0.517. The molecule has 0 atom stereocenters. The Morgan fingerprint density at radius 1 is 1.30 bits per heavy atom. The largest absolute Gasteiger partial charge is 0.444 e. The summed E-state index contributed by atoms with van der Waals surface area (Å²) in [6, 6.07) is 7.44. The van der Waals surface area contributed by atoms with Crippen LogP contribution in [0.5, 0.6) is 0 Å². The number of alkyl carbamates (subject to hydrolysis) is 1. The Hall–Kier alpha value is -1.75. The van der Waals surface area contributed by atoms with Gasteiger partial charge in [0.25, 0.3) is 0 Å². The first-order chi connectivity index (χ1) is 10.7. The highest BCUT2D eigenvalue weighted by molar-refractivity contribution is 6.30. The highest BCUT2D eigenvalue weighted by Crippen LogP contribution is 2.12. The second-order valence-corrected chi connectivity index (χ2v) is 6.85. The van der Waals surface area contributed by atoms with Crippen LogP contribution < -0.4 is 5.32 Å². The Morgan fingerprint density at radius 2 is 2.00 bits per heavy atom. The number of nitrogens with zero attached hydrogens (tertiary/aromatic N) is 1. The Bertz CT molecular complexity index is 541. The molecule has 0 radical (unpaired) electrons. The molecule has 1 rings (SSSR count). The van der Waals surface area contributed by atoms with Gasteiger partial charge in [-0.3, -0.25) is 4.79 Å². The third-order valence-corrected chi connectivity index (χ3v) is 3.21. The van der Waals surface area contributed by atoms with Gasteiger partial charge < -0.3 is 15.0 Å². The summed E-state index contributed by atoms with van der Waals surface area (Å²) in [5.74, 6) is 0.0240. The molecule has 0 saturated carbocycles. The lowest BCUT2D eigenvalue weighted by Crippen LogP contribution is -2.33. The van der Waals surface area contributed by atoms with E-state index in [1.165, 1.54) is 0 Å². The number of hydrogen-bond acceptors (Lipinski definition) is 3. The third kappa shape index (κ3) is 8.45. The van der Waals surface area contributed by atoms with Crippen LogP contribution in [0, 0.1) is 0 Å². The van der Waals surface area contributed by atoms with Crippen molar-refractivity contribution >= 4 is 23.6 Å². The van der Waals surface area contributed by atoms with Gasteiger partial charge >= 0.3 is 6.09 Å². The average Bonchev–Trinajstić information content (AvgIpc) is 2.41. The third-order valence-electron chi connectivity index (χ3n) is 2.97. The van der Waals surface area contributed by atoms with Crippen molar-refractivity contribution in [1.82, 2.24) is 10.2 Å². The topological polar surface area (TPSA) is 58.6 Å². The van der Waals surface area contributed by atoms with Crippen molar-refractivity contribution in [1.29, 1.82) is 0 Å². The number of rotatable bonds is 6. The number of ether oxygens (including phenoxy) is 1. The van der Waals surface area contributed by atoms with Crippen molar-refractivity contribution < 1.29 is 14.3 Å². The molecule has 0 aromatic heterocycles. The fourth-order valence-electron chi connectivity index (χ4n) is 1.93. The number of benzene rings is 1. The molecule has 0 aliphatic rings. The summed E-state index contributed by atoms with van der Waals surface area (Å²) in [5.41, 5.74) is 0.470. The van der Waals surface area contributed by atoms with Crippen LogP contribution in [-0.4, -0.2) is 36.1 Å². The van der Waals surface area contributed by atoms with Gasteiger partial charge in [0.15, 0.2) is 0 Å². The highest BCUT2D eigenvalue weighted by atomic mass is 35.5. The van der Waals surface area contributed by atoms with Crippen LogP contribution in [0.3, 0.4) is 0 Å². The molecule has 6 heteroatoms. The van der Waals surface area contributed by atoms with Crippen LogP contribution >= 0.6 is 11.6 Å². The van der Waals surface area contributed by atoms with E-state index in [9.17, 15) is 9.59 Å². The zero-order valence-electron chi connectivity index (χ0n) is 14.2. The van der Waals surface area contributed by atoms with E-state index in [4.69, 9.17) is 16.3 Å². The Balaban J connectivity index is 2.27. The first-order valence-corrected chi connectivity index (χ1v) is 8.00. The molecule has 2 amide bonds. The van der Waals surface area contributed by atoms with Crippen LogP contribution in [0.4, 0.5) is 4.79 Å². The molecule has 0 spiro atoms. The van der Waals surface area contributed by atoms with Gasteiger partial charge in [0.1, 0.15) is 5.60 Å². The lowest BCUT2D eigenvalue weighted by atomic mass is 10.2. The number of hydrogen-bond donors (Lipinski definition) is 1. The summed E-state index contributed by atoms with van der Waals surface area (Å²) in [5, 5.41) is 3.30. The maximum absolute atomic E-state index is 12.1. The number of nitrogens with one attached hydrogen (secondary N) is 1. The lowest BCUT2D eigenvalue weighted by Gasteiger charge is -2.20. The first-order valence-electron chi connectivity index (χ1n) is 7.62. The zero-order chi connectivity index (χ0) is 17.5. The summed E-state index contributed by atoms with van der Waals surface area (Å²) in [7, 11) is 1.75. The van der Waals surface area contributed by atoms with E-state index >= 15 is 0 Å². The Morgan fingerprint density at radius 3 is 2.61 bits per heavy atom. The van der Waals surface area contributed by atoms with Gasteiger partial charge in [-0.05, 0) is 44.9 Å². The second-order valence-electron chi connectivity index (χ2n) is 6.41. The molecule has 0 unspecified atom stereocenters. The van der Waals surface area contributed by atoms with Gasteiger partial charge in [-0.1, -0.05) is 23.7 Å². The standard InChI is InChI=1S/C17H25ClN2O3/c1-17(2,3)23-16(22)19-10-6-9-15(21)20(4)12-13-7-5-8-14(18)11-13/h5,7-8,11H,6,9-10,12H2,1-4H3,(H,19,22). The quantitative estimate of drug-likeness (QED) is 0.805. The van der Waals surface area contributed by atoms with Crippen molar-refractivity contribution in [2.24, 2.45) is 0 Å². The van der Waals surface area contributed by atoms with Crippen LogP contribution in [0.25, 0.3) is 0 Å². The van der Waals surface area contributed by atoms with Gasteiger partial charge in [0.05, 0.1) is 0 Å². The number of halogens is 1. The van der Waals surface area contributed by atoms with Gasteiger partial charge in [-0.25, -0.2) is 4.79 Å². The van der Waals surface area contributed by atoms with Crippen LogP contribution in [0.2, 0.25) is 5.02 Å². The van der Waals surface area contributed by atoms with Crippen molar-refractivity contribution in [2.45, 2.75) is 45.8 Å². The average molecular weight is 341 g/mol. The second kappa shape index (κ2) is 8.77. The van der Waals surface area contributed by atoms with Crippen molar-refractivity contribution in [3.63, 3.8) is 0 Å². The Kier molecular flexibility index (Phi) is 7.36. The minimum Gasteiger partial charge on any atom is -0.444 e. The first kappa shape index (κ1) is 19.3. The van der Waals surface area contributed by atoms with E-state index in [1.54, 1.807) is 38.8 Å². The van der Waals surface area contributed by atoms with E-state index < -0.39 is 11.7 Å². The number of carbonyl (C=O) groups is 2. The maximum atomic E-state index is 12.1. The predicted octanol–water partition coefficient (Wildman–Crippen LogP) is 3.60. The number of amides is 2. The zero-order valence-corrected chi connectivity index (χ0v) is 14.9. The molecule has 0 fully saturated rings. The molecule has 128 valence electrons. The molecule has 0 saturated heterocycles. The molecular weight excluding hydrogens is 316 g/mol. The molecule has 1 N–H and O–H groups in total. The summed E-state index contributed by atoms with van der Waals surface area (Å²) >= 11 is 5.93. The van der Waals surface area contributed by atoms with Gasteiger partial charge in [0, 0.05) is 31.6 Å². The number of carbonyl (C=O) groups excluding carboxylic acids is 2. The van der Waals surface area contributed by atoms with Crippen LogP contribution in [0.1, 0.15) is 39.2 Å². The van der Waals surface area contributed by atoms with E-state index in [1.807, 2.05) is 18.2 Å². The van der Waals surface area contributed by atoms with Crippen molar-refractivity contribution in [3.05, 3.63) is 34.9 Å². The van der Waals surface area contributed by atoms with E-state index in [0.717, 1.165) is 5.56 Å². The molecule has 1 aromatic carbocycles. The molecule has 23 heavy (non-hydrogen) atoms. The summed E-state index contributed by atoms with van der Waals surface area (Å²) in [6.07, 6.45) is 0.474. The van der Waals surface area contributed by atoms with Gasteiger partial charge in [-0.2, -0.15) is 0 Å². The van der Waals surface area contributed by atoms with Crippen molar-refractivity contribution in [2.75, 3.05) is 13.6 Å². The fraction of sp³-hybridized carbons (Fsp3) is 0.529. The van der Waals surface area contributed by atoms with E-state index in [-0.39, 0.29) is 5.91 Å². The lowest BCUT2D eigenvalue weighted by molar-refractivity contribution is -0.130. The maximum Gasteiger partial charge on any atom is 0.407 e. The molecule has 0 bridgehead atoms. The van der Waals surface area contributed by atoms with Crippen molar-refractivity contribution in [3.8, 4) is 0 Å².